The summed E-state index contributed by atoms with van der Waals surface area (Å²) in [6, 6.07) is 9.81. The summed E-state index contributed by atoms with van der Waals surface area (Å²) in [5.41, 5.74) is 0.837. The molecular weight excluding hydrogens is 444 g/mol. The lowest BCUT2D eigenvalue weighted by atomic mass is 10.2. The molecule has 1 aliphatic heterocycles. The Kier molecular flexibility index (Phi) is 7.30. The summed E-state index contributed by atoms with van der Waals surface area (Å²) in [6.45, 7) is 2.62. The van der Waals surface area contributed by atoms with E-state index in [-0.39, 0.29) is 49.3 Å². The lowest BCUT2D eigenvalue weighted by Gasteiger charge is -2.34. The van der Waals surface area contributed by atoms with Crippen molar-refractivity contribution in [3.05, 3.63) is 47.0 Å². The lowest BCUT2D eigenvalue weighted by Crippen LogP contribution is -2.51. The van der Waals surface area contributed by atoms with Crippen LogP contribution in [-0.4, -0.2) is 70.5 Å². The zero-order valence-electron chi connectivity index (χ0n) is 17.6. The van der Waals surface area contributed by atoms with Crippen LogP contribution in [-0.2, 0) is 14.8 Å². The van der Waals surface area contributed by atoms with Crippen LogP contribution in [0.4, 0.5) is 0 Å². The van der Waals surface area contributed by atoms with Gasteiger partial charge in [0.1, 0.15) is 22.1 Å². The van der Waals surface area contributed by atoms with Gasteiger partial charge in [-0.3, -0.25) is 4.79 Å². The molecule has 1 amide bonds. The molecule has 10 heteroatoms. The molecule has 1 aliphatic rings. The van der Waals surface area contributed by atoms with Crippen molar-refractivity contribution in [2.24, 2.45) is 0 Å². The number of rotatable bonds is 7. The van der Waals surface area contributed by atoms with Crippen molar-refractivity contribution in [2.75, 3.05) is 47.0 Å². The molecule has 0 atom stereocenters. The topological polar surface area (TPSA) is 85.4 Å². The molecule has 0 spiro atoms. The van der Waals surface area contributed by atoms with Crippen LogP contribution in [0.3, 0.4) is 0 Å². The van der Waals surface area contributed by atoms with Gasteiger partial charge in [0, 0.05) is 37.3 Å². The number of hydrogen-bond donors (Lipinski definition) is 0. The van der Waals surface area contributed by atoms with E-state index in [2.05, 4.69) is 0 Å². The quantitative estimate of drug-likeness (QED) is 0.621. The number of piperazine rings is 1. The minimum absolute atomic E-state index is 0.0377. The van der Waals surface area contributed by atoms with Gasteiger partial charge in [0.2, 0.25) is 10.0 Å². The molecule has 8 nitrogen and oxygen atoms in total. The van der Waals surface area contributed by atoms with E-state index < -0.39 is 10.0 Å². The fourth-order valence-corrected chi connectivity index (χ4v) is 5.13. The van der Waals surface area contributed by atoms with Crippen LogP contribution >= 0.6 is 11.6 Å². The highest BCUT2D eigenvalue weighted by Gasteiger charge is 2.32. The van der Waals surface area contributed by atoms with Crippen LogP contribution in [0, 0.1) is 6.92 Å². The van der Waals surface area contributed by atoms with Gasteiger partial charge in [-0.2, -0.15) is 4.31 Å². The second kappa shape index (κ2) is 9.76. The predicted octanol–water partition coefficient (Wildman–Crippen LogP) is 2.58. The minimum Gasteiger partial charge on any atom is -0.497 e. The van der Waals surface area contributed by atoms with Crippen molar-refractivity contribution in [3.63, 3.8) is 0 Å². The zero-order valence-corrected chi connectivity index (χ0v) is 19.2. The molecule has 3 rings (SSSR count). The largest absolute Gasteiger partial charge is 0.497 e. The highest BCUT2D eigenvalue weighted by atomic mass is 35.5. The Bertz CT molecular complexity index is 1050. The van der Waals surface area contributed by atoms with Crippen molar-refractivity contribution in [1.29, 1.82) is 0 Å². The number of amides is 1. The molecule has 2 aromatic carbocycles. The summed E-state index contributed by atoms with van der Waals surface area (Å²) in [6.07, 6.45) is 0. The maximum atomic E-state index is 13.1. The molecule has 1 fully saturated rings. The van der Waals surface area contributed by atoms with E-state index in [1.165, 1.54) is 24.6 Å². The molecule has 0 radical (unpaired) electrons. The van der Waals surface area contributed by atoms with Gasteiger partial charge in [-0.05, 0) is 42.8 Å². The Hall–Kier alpha value is -2.49. The average Bonchev–Trinajstić information content (AvgIpc) is 2.77. The summed E-state index contributed by atoms with van der Waals surface area (Å²) in [5.74, 6) is 1.04. The van der Waals surface area contributed by atoms with Crippen molar-refractivity contribution in [3.8, 4) is 17.2 Å². The van der Waals surface area contributed by atoms with E-state index in [0.29, 0.717) is 16.5 Å². The number of methoxy groups -OCH3 is 2. The Morgan fingerprint density at radius 1 is 1.00 bits per heavy atom. The number of carbonyl (C=O) groups is 1. The van der Waals surface area contributed by atoms with Crippen molar-refractivity contribution in [2.45, 2.75) is 11.8 Å². The highest BCUT2D eigenvalue weighted by Crippen LogP contribution is 2.31. The van der Waals surface area contributed by atoms with E-state index in [9.17, 15) is 13.2 Å². The SMILES string of the molecule is COc1ccc(OC)c(S(=O)(=O)N2CCN(C(=O)COc3ccc(Cl)cc3C)CC2)c1. The molecule has 31 heavy (non-hydrogen) atoms. The highest BCUT2D eigenvalue weighted by molar-refractivity contribution is 7.89. The number of carbonyl (C=O) groups excluding carboxylic acids is 1. The van der Waals surface area contributed by atoms with Crippen LogP contribution in [0.1, 0.15) is 5.56 Å². The average molecular weight is 469 g/mol. The molecule has 0 unspecified atom stereocenters. The van der Waals surface area contributed by atoms with E-state index in [0.717, 1.165) is 5.56 Å². The molecule has 168 valence electrons. The number of hydrogen-bond acceptors (Lipinski definition) is 6. The second-order valence-electron chi connectivity index (χ2n) is 7.00. The molecule has 0 aromatic heterocycles. The van der Waals surface area contributed by atoms with E-state index in [1.54, 1.807) is 35.2 Å². The van der Waals surface area contributed by atoms with Gasteiger partial charge in [0.15, 0.2) is 6.61 Å². The predicted molar refractivity (Wildman–Crippen MR) is 117 cm³/mol. The van der Waals surface area contributed by atoms with Crippen LogP contribution < -0.4 is 14.2 Å². The summed E-state index contributed by atoms with van der Waals surface area (Å²) in [7, 11) is -0.920. The van der Waals surface area contributed by atoms with Gasteiger partial charge >= 0.3 is 0 Å². The normalized spacial score (nSPS) is 14.9. The number of benzene rings is 2. The Labute approximate surface area is 187 Å². The molecule has 0 aliphatic carbocycles. The Balaban J connectivity index is 1.62. The monoisotopic (exact) mass is 468 g/mol. The second-order valence-corrected chi connectivity index (χ2v) is 9.34. The van der Waals surface area contributed by atoms with Gasteiger partial charge in [0.05, 0.1) is 14.2 Å². The van der Waals surface area contributed by atoms with Gasteiger partial charge in [-0.15, -0.1) is 0 Å². The number of nitrogens with zero attached hydrogens (tertiary/aromatic N) is 2. The summed E-state index contributed by atoms with van der Waals surface area (Å²) in [5, 5.41) is 0.598. The third kappa shape index (κ3) is 5.23. The molecule has 2 aromatic rings. The minimum atomic E-state index is -3.80. The molecular formula is C21H25ClN2O6S. The molecule has 0 N–H and O–H groups in total. The zero-order chi connectivity index (χ0) is 22.6. The Morgan fingerprint density at radius 2 is 1.68 bits per heavy atom. The number of sulfonamides is 1. The van der Waals surface area contributed by atoms with Crippen LogP contribution in [0.2, 0.25) is 5.02 Å². The summed E-state index contributed by atoms with van der Waals surface area (Å²) >= 11 is 5.93. The first-order valence-corrected chi connectivity index (χ1v) is 11.5. The van der Waals surface area contributed by atoms with Crippen molar-refractivity contribution < 1.29 is 27.4 Å². The number of ether oxygens (including phenoxy) is 3. The molecule has 0 bridgehead atoms. The first-order valence-electron chi connectivity index (χ1n) is 9.65. The Morgan fingerprint density at radius 3 is 2.29 bits per heavy atom. The van der Waals surface area contributed by atoms with Gasteiger partial charge < -0.3 is 19.1 Å². The third-order valence-corrected chi connectivity index (χ3v) is 7.22. The molecule has 1 saturated heterocycles. The standard InChI is InChI=1S/C21H25ClN2O6S/c1-15-12-16(22)4-6-18(15)30-14-21(25)23-8-10-24(11-9-23)31(26,27)20-13-17(28-2)5-7-19(20)29-3/h4-7,12-13H,8-11,14H2,1-3H3. The fourth-order valence-electron chi connectivity index (χ4n) is 3.31. The van der Waals surface area contributed by atoms with E-state index in [4.69, 9.17) is 25.8 Å². The van der Waals surface area contributed by atoms with E-state index in [1.807, 2.05) is 6.92 Å². The summed E-state index contributed by atoms with van der Waals surface area (Å²) in [4.78, 5) is 14.2. The van der Waals surface area contributed by atoms with Gasteiger partial charge in [0.25, 0.3) is 5.91 Å². The fraction of sp³-hybridized carbons (Fsp3) is 0.381. The third-order valence-electron chi connectivity index (χ3n) is 5.07. The van der Waals surface area contributed by atoms with Crippen molar-refractivity contribution >= 4 is 27.5 Å². The van der Waals surface area contributed by atoms with Gasteiger partial charge in [-0.25, -0.2) is 8.42 Å². The van der Waals surface area contributed by atoms with E-state index >= 15 is 0 Å². The summed E-state index contributed by atoms with van der Waals surface area (Å²) < 4.78 is 43.6. The first kappa shape index (κ1) is 23.2. The maximum absolute atomic E-state index is 13.1. The van der Waals surface area contributed by atoms with Crippen molar-refractivity contribution in [1.82, 2.24) is 9.21 Å². The smallest absolute Gasteiger partial charge is 0.260 e. The van der Waals surface area contributed by atoms with Crippen LogP contribution in [0.15, 0.2) is 41.3 Å². The number of halogens is 1. The molecule has 1 heterocycles. The number of aryl methyl sites for hydroxylation is 1. The maximum Gasteiger partial charge on any atom is 0.260 e. The molecule has 0 saturated carbocycles. The van der Waals surface area contributed by atoms with Gasteiger partial charge in [-0.1, -0.05) is 11.6 Å². The van der Waals surface area contributed by atoms with Crippen LogP contribution in [0.5, 0.6) is 17.2 Å². The van der Waals surface area contributed by atoms with Crippen LogP contribution in [0.25, 0.3) is 0 Å². The lowest BCUT2D eigenvalue weighted by molar-refractivity contribution is -0.134. The first-order chi connectivity index (χ1) is 14.8.